The molecule has 0 heterocycles. The Morgan fingerprint density at radius 2 is 2.18 bits per heavy atom. The van der Waals surface area contributed by atoms with Crippen molar-refractivity contribution < 1.29 is 0 Å². The van der Waals surface area contributed by atoms with Crippen LogP contribution in [0.2, 0.25) is 0 Å². The maximum Gasteiger partial charge on any atom is 0.105 e. The van der Waals surface area contributed by atoms with Crippen LogP contribution in [0.25, 0.3) is 0 Å². The molecule has 0 radical (unpaired) electrons. The molecule has 3 heteroatoms. The second-order valence-electron chi connectivity index (χ2n) is 4.70. The fraction of sp³-hybridized carbons (Fsp3) is 0.500. The maximum atomic E-state index is 9.08. The lowest BCUT2D eigenvalue weighted by atomic mass is 10.00. The molecule has 0 spiro atoms. The van der Waals surface area contributed by atoms with Crippen LogP contribution in [0.1, 0.15) is 18.9 Å². The average molecular weight is 231 g/mol. The molecule has 0 saturated heterocycles. The molecule has 1 aromatic rings. The molecule has 92 valence electrons. The van der Waals surface area contributed by atoms with Crippen LogP contribution >= 0.6 is 0 Å². The second-order valence-corrected chi connectivity index (χ2v) is 4.70. The van der Waals surface area contributed by atoms with E-state index in [4.69, 9.17) is 5.26 Å². The first-order valence-corrected chi connectivity index (χ1v) is 5.89. The monoisotopic (exact) mass is 231 g/mol. The molecule has 1 rings (SSSR count). The summed E-state index contributed by atoms with van der Waals surface area (Å²) in [6, 6.07) is 10.7. The van der Waals surface area contributed by atoms with Crippen molar-refractivity contribution >= 4 is 5.69 Å². The van der Waals surface area contributed by atoms with Gasteiger partial charge in [-0.05, 0) is 45.0 Å². The van der Waals surface area contributed by atoms with Gasteiger partial charge in [0.2, 0.25) is 0 Å². The minimum Gasteiger partial charge on any atom is -0.374 e. The third-order valence-electron chi connectivity index (χ3n) is 3.19. The number of benzene rings is 1. The average Bonchev–Trinajstić information content (AvgIpc) is 2.35. The highest BCUT2D eigenvalue weighted by Crippen LogP contribution is 2.16. The topological polar surface area (TPSA) is 39.1 Å². The Balaban J connectivity index is 2.62. The van der Waals surface area contributed by atoms with E-state index in [1.807, 2.05) is 14.0 Å². The highest BCUT2D eigenvalue weighted by Gasteiger charge is 2.21. The summed E-state index contributed by atoms with van der Waals surface area (Å²) in [6.45, 7) is 4.87. The third kappa shape index (κ3) is 3.76. The van der Waals surface area contributed by atoms with Crippen molar-refractivity contribution in [2.24, 2.45) is 0 Å². The summed E-state index contributed by atoms with van der Waals surface area (Å²) in [5, 5.41) is 12.1. The second kappa shape index (κ2) is 5.70. The molecule has 0 aliphatic carbocycles. The number of anilines is 1. The Morgan fingerprint density at radius 1 is 1.47 bits per heavy atom. The molecule has 0 aliphatic heterocycles. The molecule has 1 aromatic carbocycles. The standard InChI is InChI=1S/C14H21N3/c1-12-6-5-7-13(10-12)17(4)9-8-14(2,11-15)16-3/h5-7,10,16H,8-9H2,1-4H3. The van der Waals surface area contributed by atoms with Gasteiger partial charge in [0.25, 0.3) is 0 Å². The minimum atomic E-state index is -0.446. The van der Waals surface area contributed by atoms with Crippen LogP contribution < -0.4 is 10.2 Å². The molecule has 0 amide bonds. The molecule has 3 nitrogen and oxygen atoms in total. The van der Waals surface area contributed by atoms with E-state index in [2.05, 4.69) is 54.5 Å². The predicted molar refractivity (Wildman–Crippen MR) is 72.1 cm³/mol. The zero-order valence-electron chi connectivity index (χ0n) is 11.1. The van der Waals surface area contributed by atoms with E-state index in [0.29, 0.717) is 0 Å². The van der Waals surface area contributed by atoms with Gasteiger partial charge in [-0.25, -0.2) is 0 Å². The lowest BCUT2D eigenvalue weighted by molar-refractivity contribution is 0.458. The number of nitrogens with one attached hydrogen (secondary N) is 1. The van der Waals surface area contributed by atoms with Gasteiger partial charge in [0.05, 0.1) is 6.07 Å². The van der Waals surface area contributed by atoms with Gasteiger partial charge in [-0.3, -0.25) is 0 Å². The number of hydrogen-bond acceptors (Lipinski definition) is 3. The van der Waals surface area contributed by atoms with Crippen LogP contribution in [0.4, 0.5) is 5.69 Å². The van der Waals surface area contributed by atoms with Crippen LogP contribution in [0.15, 0.2) is 24.3 Å². The van der Waals surface area contributed by atoms with Crippen LogP contribution in [-0.4, -0.2) is 26.2 Å². The third-order valence-corrected chi connectivity index (χ3v) is 3.19. The minimum absolute atomic E-state index is 0.446. The summed E-state index contributed by atoms with van der Waals surface area (Å²) in [7, 11) is 3.89. The Bertz CT molecular complexity index is 408. The summed E-state index contributed by atoms with van der Waals surface area (Å²) in [6.07, 6.45) is 0.796. The van der Waals surface area contributed by atoms with Crippen molar-refractivity contribution in [1.82, 2.24) is 5.32 Å². The smallest absolute Gasteiger partial charge is 0.105 e. The summed E-state index contributed by atoms with van der Waals surface area (Å²) in [5.41, 5.74) is 2.00. The Morgan fingerprint density at radius 3 is 2.71 bits per heavy atom. The van der Waals surface area contributed by atoms with Gasteiger partial charge in [0.15, 0.2) is 0 Å². The summed E-state index contributed by atoms with van der Waals surface area (Å²) in [4.78, 5) is 2.18. The first kappa shape index (κ1) is 13.5. The number of hydrogen-bond donors (Lipinski definition) is 1. The maximum absolute atomic E-state index is 9.08. The van der Waals surface area contributed by atoms with Crippen molar-refractivity contribution in [2.75, 3.05) is 25.5 Å². The first-order chi connectivity index (χ1) is 8.00. The van der Waals surface area contributed by atoms with Crippen molar-refractivity contribution in [3.63, 3.8) is 0 Å². The van der Waals surface area contributed by atoms with Crippen molar-refractivity contribution in [2.45, 2.75) is 25.8 Å². The number of nitrogens with zero attached hydrogens (tertiary/aromatic N) is 2. The zero-order chi connectivity index (χ0) is 12.9. The first-order valence-electron chi connectivity index (χ1n) is 5.89. The van der Waals surface area contributed by atoms with Gasteiger partial charge in [0, 0.05) is 19.3 Å². The lowest BCUT2D eigenvalue weighted by Gasteiger charge is -2.26. The van der Waals surface area contributed by atoms with Crippen LogP contribution in [0.3, 0.4) is 0 Å². The molecule has 1 unspecified atom stereocenters. The van der Waals surface area contributed by atoms with Gasteiger partial charge in [-0.15, -0.1) is 0 Å². The van der Waals surface area contributed by atoms with E-state index >= 15 is 0 Å². The highest BCUT2D eigenvalue weighted by atomic mass is 15.1. The van der Waals surface area contributed by atoms with Gasteiger partial charge >= 0.3 is 0 Å². The molecule has 0 aromatic heterocycles. The molecule has 0 saturated carbocycles. The number of rotatable bonds is 5. The van der Waals surface area contributed by atoms with Crippen LogP contribution in [0, 0.1) is 18.3 Å². The molecule has 0 bridgehead atoms. The molecule has 17 heavy (non-hydrogen) atoms. The Labute approximate surface area is 104 Å². The molecule has 0 aliphatic rings. The Kier molecular flexibility index (Phi) is 4.53. The predicted octanol–water partition coefficient (Wildman–Crippen LogP) is 2.32. The highest BCUT2D eigenvalue weighted by molar-refractivity contribution is 5.47. The molecular formula is C14H21N3. The number of nitriles is 1. The fourth-order valence-corrected chi connectivity index (χ4v) is 1.62. The fourth-order valence-electron chi connectivity index (χ4n) is 1.62. The van der Waals surface area contributed by atoms with E-state index in [0.717, 1.165) is 13.0 Å². The lowest BCUT2D eigenvalue weighted by Crippen LogP contribution is -2.41. The quantitative estimate of drug-likeness (QED) is 0.845. The van der Waals surface area contributed by atoms with Crippen molar-refractivity contribution in [3.05, 3.63) is 29.8 Å². The summed E-state index contributed by atoms with van der Waals surface area (Å²) in [5.74, 6) is 0. The van der Waals surface area contributed by atoms with E-state index < -0.39 is 5.54 Å². The molecule has 1 atom stereocenters. The molecule has 1 N–H and O–H groups in total. The van der Waals surface area contributed by atoms with E-state index in [9.17, 15) is 0 Å². The normalized spacial score (nSPS) is 13.8. The SMILES string of the molecule is CNC(C)(C#N)CCN(C)c1cccc(C)c1. The van der Waals surface area contributed by atoms with Crippen molar-refractivity contribution in [3.8, 4) is 6.07 Å². The summed E-state index contributed by atoms with van der Waals surface area (Å²) < 4.78 is 0. The summed E-state index contributed by atoms with van der Waals surface area (Å²) >= 11 is 0. The van der Waals surface area contributed by atoms with Gasteiger partial charge in [0.1, 0.15) is 5.54 Å². The largest absolute Gasteiger partial charge is 0.374 e. The van der Waals surface area contributed by atoms with E-state index in [1.165, 1.54) is 11.3 Å². The molecular weight excluding hydrogens is 210 g/mol. The zero-order valence-corrected chi connectivity index (χ0v) is 11.1. The van der Waals surface area contributed by atoms with E-state index in [-0.39, 0.29) is 0 Å². The Hall–Kier alpha value is -1.53. The van der Waals surface area contributed by atoms with Gasteiger partial charge < -0.3 is 10.2 Å². The molecule has 0 fully saturated rings. The van der Waals surface area contributed by atoms with E-state index in [1.54, 1.807) is 0 Å². The van der Waals surface area contributed by atoms with Crippen molar-refractivity contribution in [1.29, 1.82) is 5.26 Å². The van der Waals surface area contributed by atoms with Crippen LogP contribution in [0.5, 0.6) is 0 Å². The van der Waals surface area contributed by atoms with Gasteiger partial charge in [-0.2, -0.15) is 5.26 Å². The number of aryl methyl sites for hydroxylation is 1. The van der Waals surface area contributed by atoms with Crippen LogP contribution in [-0.2, 0) is 0 Å². The van der Waals surface area contributed by atoms with Gasteiger partial charge in [-0.1, -0.05) is 12.1 Å².